The Morgan fingerprint density at radius 1 is 0.957 bits per heavy atom. The zero-order valence-electron chi connectivity index (χ0n) is 27.6. The van der Waals surface area contributed by atoms with E-state index < -0.39 is 18.3 Å². The second-order valence-electron chi connectivity index (χ2n) is 12.3. The number of aromatic nitrogens is 4. The van der Waals surface area contributed by atoms with E-state index >= 15 is 0 Å². The molecule has 0 aliphatic carbocycles. The molecule has 5 heterocycles. The van der Waals surface area contributed by atoms with E-state index in [0.717, 1.165) is 28.1 Å². The molecule has 4 aromatic heterocycles. The molecule has 46 heavy (non-hydrogen) atoms. The van der Waals surface area contributed by atoms with Crippen LogP contribution in [0.5, 0.6) is 0 Å². The molecule has 1 fully saturated rings. The number of rotatable bonds is 9. The van der Waals surface area contributed by atoms with Gasteiger partial charge in [0.15, 0.2) is 11.6 Å². The summed E-state index contributed by atoms with van der Waals surface area (Å²) in [6.07, 6.45) is 6.38. The normalized spacial score (nSPS) is 16.0. The number of pyridine rings is 2. The van der Waals surface area contributed by atoms with Gasteiger partial charge in [0.1, 0.15) is 5.69 Å². The van der Waals surface area contributed by atoms with Gasteiger partial charge in [-0.05, 0) is 82.4 Å². The van der Waals surface area contributed by atoms with Crippen LogP contribution >= 0.6 is 22.9 Å². The van der Waals surface area contributed by atoms with Gasteiger partial charge in [-0.3, -0.25) is 14.3 Å². The summed E-state index contributed by atoms with van der Waals surface area (Å²) >= 11 is 7.82. The molecule has 0 spiro atoms. The molecule has 0 saturated carbocycles. The molecule has 1 aliphatic heterocycles. The van der Waals surface area contributed by atoms with E-state index in [9.17, 15) is 9.59 Å². The molecule has 13 heteroatoms. The number of carbonyl (C=O) groups excluding carboxylic acids is 2. The van der Waals surface area contributed by atoms with Gasteiger partial charge in [0, 0.05) is 48.4 Å². The highest BCUT2D eigenvalue weighted by molar-refractivity contribution is 7.14. The monoisotopic (exact) mass is 662 g/mol. The van der Waals surface area contributed by atoms with Gasteiger partial charge in [-0.25, -0.2) is 9.97 Å². The Labute approximate surface area is 279 Å². The van der Waals surface area contributed by atoms with Crippen LogP contribution < -0.4 is 15.5 Å². The van der Waals surface area contributed by atoms with Gasteiger partial charge < -0.3 is 9.31 Å². The molecule has 2 amide bonds. The average Bonchev–Trinajstić information content (AvgIpc) is 3.73. The number of halogens is 1. The van der Waals surface area contributed by atoms with Crippen LogP contribution in [0.15, 0.2) is 54.3 Å². The quantitative estimate of drug-likeness (QED) is 0.139. The minimum absolute atomic E-state index is 0.126. The highest BCUT2D eigenvalue weighted by atomic mass is 35.5. The first-order chi connectivity index (χ1) is 21.8. The van der Waals surface area contributed by atoms with Crippen molar-refractivity contribution in [1.82, 2.24) is 19.7 Å². The van der Waals surface area contributed by atoms with Crippen LogP contribution in [0.25, 0.3) is 21.7 Å². The number of anilines is 2. The first kappa shape index (κ1) is 33.8. The van der Waals surface area contributed by atoms with Crippen LogP contribution in [0.4, 0.5) is 11.6 Å². The summed E-state index contributed by atoms with van der Waals surface area (Å²) in [5, 5.41) is 10.1. The third kappa shape index (κ3) is 6.49. The summed E-state index contributed by atoms with van der Waals surface area (Å²) in [4.78, 5) is 37.4. The number of hydrogen-bond donors (Lipinski definition) is 0. The van der Waals surface area contributed by atoms with Gasteiger partial charge in [-0.15, -0.1) is 11.3 Å². The molecule has 0 N–H and O–H groups in total. The molecule has 1 unspecified atom stereocenters. The van der Waals surface area contributed by atoms with E-state index in [2.05, 4.69) is 23.8 Å². The molecule has 0 radical (unpaired) electrons. The maximum atomic E-state index is 13.7. The highest BCUT2D eigenvalue weighted by Gasteiger charge is 2.52. The van der Waals surface area contributed by atoms with E-state index in [1.807, 2.05) is 56.1 Å². The Bertz CT molecular complexity index is 1720. The van der Waals surface area contributed by atoms with Gasteiger partial charge in [0.2, 0.25) is 11.8 Å². The lowest BCUT2D eigenvalue weighted by Crippen LogP contribution is -2.51. The minimum Gasteiger partial charge on any atom is -0.399 e. The topological polar surface area (TPSA) is 103 Å². The Hall–Kier alpha value is -3.58. The first-order valence-corrected chi connectivity index (χ1v) is 16.8. The number of thiophene rings is 1. The van der Waals surface area contributed by atoms with Crippen molar-refractivity contribution in [2.75, 3.05) is 10.0 Å². The fourth-order valence-corrected chi connectivity index (χ4v) is 6.07. The van der Waals surface area contributed by atoms with Crippen molar-refractivity contribution in [3.05, 3.63) is 59.3 Å². The summed E-state index contributed by atoms with van der Waals surface area (Å²) < 4.78 is 14.5. The molecule has 4 aromatic rings. The predicted octanol–water partition coefficient (Wildman–Crippen LogP) is 7.09. The zero-order chi connectivity index (χ0) is 33.4. The fourth-order valence-electron chi connectivity index (χ4n) is 5.00. The van der Waals surface area contributed by atoms with E-state index in [1.54, 1.807) is 44.4 Å². The van der Waals surface area contributed by atoms with Crippen molar-refractivity contribution >= 4 is 59.0 Å². The van der Waals surface area contributed by atoms with Gasteiger partial charge in [-0.1, -0.05) is 32.4 Å². The zero-order valence-corrected chi connectivity index (χ0v) is 29.1. The van der Waals surface area contributed by atoms with E-state index in [0.29, 0.717) is 10.5 Å². The fraction of sp³-hybridized carbons (Fsp3) is 0.424. The number of amides is 2. The first-order valence-electron chi connectivity index (χ1n) is 15.6. The Morgan fingerprint density at radius 2 is 1.54 bits per heavy atom. The third-order valence-electron chi connectivity index (χ3n) is 8.64. The Morgan fingerprint density at radius 3 is 2.09 bits per heavy atom. The molecule has 5 rings (SSSR count). The van der Waals surface area contributed by atoms with Gasteiger partial charge in [0.25, 0.3) is 0 Å². The molecule has 0 aromatic carbocycles. The third-order valence-corrected chi connectivity index (χ3v) is 9.92. The smallest absolute Gasteiger partial charge is 0.399 e. The Balaban J connectivity index is 1.60. The van der Waals surface area contributed by atoms with Crippen LogP contribution in [0.3, 0.4) is 0 Å². The molecule has 10 nitrogen and oxygen atoms in total. The van der Waals surface area contributed by atoms with Crippen molar-refractivity contribution in [3.63, 3.8) is 0 Å². The molecule has 1 atom stereocenters. The van der Waals surface area contributed by atoms with E-state index in [-0.39, 0.29) is 42.3 Å². The molecular formula is C33H40BClN6O4S. The molecule has 1 aliphatic rings. The number of hydrogen-bond acceptors (Lipinski definition) is 8. The summed E-state index contributed by atoms with van der Waals surface area (Å²) in [5.74, 6) is -0.118. The molecule has 0 bridgehead atoms. The van der Waals surface area contributed by atoms with Crippen LogP contribution in [0.2, 0.25) is 5.02 Å². The van der Waals surface area contributed by atoms with Crippen LogP contribution in [-0.4, -0.2) is 49.9 Å². The van der Waals surface area contributed by atoms with Crippen LogP contribution in [-0.2, 0) is 18.9 Å². The average molecular weight is 663 g/mol. The lowest BCUT2D eigenvalue weighted by Gasteiger charge is -2.33. The maximum Gasteiger partial charge on any atom is 0.495 e. The summed E-state index contributed by atoms with van der Waals surface area (Å²) in [6.45, 7) is 15.6. The number of hydrazine groups is 1. The lowest BCUT2D eigenvalue weighted by atomic mass is 9.79. The summed E-state index contributed by atoms with van der Waals surface area (Å²) in [5.41, 5.74) is 2.01. The maximum absolute atomic E-state index is 13.7. The van der Waals surface area contributed by atoms with Gasteiger partial charge in [-0.2, -0.15) is 15.1 Å². The van der Waals surface area contributed by atoms with Crippen molar-refractivity contribution in [1.29, 1.82) is 0 Å². The van der Waals surface area contributed by atoms with Crippen molar-refractivity contribution < 1.29 is 18.9 Å². The predicted molar refractivity (Wildman–Crippen MR) is 184 cm³/mol. The van der Waals surface area contributed by atoms with Gasteiger partial charge >= 0.3 is 7.12 Å². The van der Waals surface area contributed by atoms with Crippen LogP contribution in [0, 0.1) is 0 Å². The Kier molecular flexibility index (Phi) is 9.74. The summed E-state index contributed by atoms with van der Waals surface area (Å²) in [6, 6.07) is 9.26. The number of carbonyl (C=O) groups is 2. The SMILES string of the molecule is CCC(=O)N(c1cc(B2OC(C)(C)C(C)(C)O2)ccn1)N(C(=O)CC)c1cc(-c2cn(C(C)CC)nc2-c2cc(Cl)cs2)ccn1. The molecular weight excluding hydrogens is 623 g/mol. The van der Waals surface area contributed by atoms with Crippen molar-refractivity contribution in [3.8, 4) is 21.7 Å². The largest absolute Gasteiger partial charge is 0.495 e. The second-order valence-corrected chi connectivity index (χ2v) is 13.7. The second kappa shape index (κ2) is 13.3. The van der Waals surface area contributed by atoms with E-state index in [4.69, 9.17) is 26.0 Å². The molecule has 242 valence electrons. The molecule has 1 saturated heterocycles. The summed E-state index contributed by atoms with van der Waals surface area (Å²) in [7, 11) is -0.673. The van der Waals surface area contributed by atoms with Gasteiger partial charge in [0.05, 0.1) is 21.1 Å². The van der Waals surface area contributed by atoms with Crippen molar-refractivity contribution in [2.24, 2.45) is 0 Å². The standard InChI is InChI=1S/C33H40BClN6O4S/c1-9-21(4)39-19-25(31(38-39)26-18-24(35)20-46-26)22-12-14-36-27(16-22)40(29(42)10-2)41(30(43)11-3)28-17-23(13-15-37-28)34-44-32(5,6)33(7,8)45-34/h12-21H,9-11H2,1-8H3. The van der Waals surface area contributed by atoms with E-state index in [1.165, 1.54) is 21.4 Å². The lowest BCUT2D eigenvalue weighted by molar-refractivity contribution is -0.123. The van der Waals surface area contributed by atoms with Crippen molar-refractivity contribution in [2.45, 2.75) is 91.9 Å². The minimum atomic E-state index is -0.673. The highest BCUT2D eigenvalue weighted by Crippen LogP contribution is 2.39. The number of nitrogens with zero attached hydrogens (tertiary/aromatic N) is 6. The van der Waals surface area contributed by atoms with Crippen LogP contribution in [0.1, 0.15) is 80.7 Å².